The number of benzene rings is 2. The molecule has 4 rings (SSSR count). The van der Waals surface area contributed by atoms with E-state index in [1.165, 1.54) is 31.2 Å². The normalized spacial score (nSPS) is 19.0. The Labute approximate surface area is 254 Å². The summed E-state index contributed by atoms with van der Waals surface area (Å²) in [7, 11) is 0. The monoisotopic (exact) mass is 628 g/mol. The first-order chi connectivity index (χ1) is 21.2. The Morgan fingerprint density at radius 2 is 1.42 bits per heavy atom. The molecule has 1 saturated heterocycles. The van der Waals surface area contributed by atoms with Crippen LogP contribution in [0, 0.1) is 0 Å². The Hall–Kier alpha value is -5.44. The fraction of sp³-hybridized carbons (Fsp3) is 0.333. The highest BCUT2D eigenvalue weighted by Crippen LogP contribution is 2.39. The maximum Gasteiger partial charge on any atom is 0.308 e. The number of phenols is 1. The first kappa shape index (κ1) is 32.5. The van der Waals surface area contributed by atoms with Crippen molar-refractivity contribution in [1.82, 2.24) is 0 Å². The van der Waals surface area contributed by atoms with E-state index < -0.39 is 78.0 Å². The van der Waals surface area contributed by atoms with Crippen molar-refractivity contribution < 1.29 is 66.7 Å². The number of hydrogen-bond acceptors (Lipinski definition) is 15. The van der Waals surface area contributed by atoms with Crippen LogP contribution in [0.4, 0.5) is 0 Å². The zero-order chi connectivity index (χ0) is 33.0. The van der Waals surface area contributed by atoms with Crippen LogP contribution >= 0.6 is 0 Å². The van der Waals surface area contributed by atoms with Crippen molar-refractivity contribution >= 4 is 40.8 Å². The van der Waals surface area contributed by atoms with E-state index in [1.807, 2.05) is 0 Å². The Balaban J connectivity index is 1.90. The van der Waals surface area contributed by atoms with E-state index in [0.29, 0.717) is 0 Å². The van der Waals surface area contributed by atoms with Gasteiger partial charge in [0.05, 0.1) is 0 Å². The third kappa shape index (κ3) is 7.75. The second-order valence-electron chi connectivity index (χ2n) is 9.73. The molecule has 0 radical (unpaired) electrons. The molecule has 4 atom stereocenters. The summed E-state index contributed by atoms with van der Waals surface area (Å²) in [5.74, 6) is -4.96. The van der Waals surface area contributed by atoms with Crippen molar-refractivity contribution in [3.8, 4) is 34.3 Å². The molecule has 1 N–H and O–H groups in total. The number of esters is 5. The lowest BCUT2D eigenvalue weighted by Crippen LogP contribution is -2.42. The van der Waals surface area contributed by atoms with E-state index in [2.05, 4.69) is 0 Å². The summed E-state index contributed by atoms with van der Waals surface area (Å²) in [6, 6.07) is 7.85. The molecule has 0 saturated carbocycles. The molecule has 0 aliphatic carbocycles. The number of rotatable bonds is 9. The Morgan fingerprint density at radius 1 is 0.800 bits per heavy atom. The van der Waals surface area contributed by atoms with Crippen molar-refractivity contribution in [2.24, 2.45) is 0 Å². The Kier molecular flexibility index (Phi) is 9.72. The van der Waals surface area contributed by atoms with E-state index in [0.717, 1.165) is 39.8 Å². The van der Waals surface area contributed by atoms with Gasteiger partial charge < -0.3 is 42.7 Å². The van der Waals surface area contributed by atoms with Crippen molar-refractivity contribution in [1.29, 1.82) is 0 Å². The highest BCUT2D eigenvalue weighted by Gasteiger charge is 2.51. The number of carbonyl (C=O) groups is 5. The average molecular weight is 629 g/mol. The summed E-state index contributed by atoms with van der Waals surface area (Å²) in [4.78, 5) is 72.8. The lowest BCUT2D eigenvalue weighted by Gasteiger charge is -2.23. The molecule has 0 bridgehead atoms. The molecular formula is C30H28O15. The minimum atomic E-state index is -1.63. The maximum atomic E-state index is 14.1. The van der Waals surface area contributed by atoms with Gasteiger partial charge in [-0.15, -0.1) is 0 Å². The summed E-state index contributed by atoms with van der Waals surface area (Å²) in [5, 5.41) is 9.96. The van der Waals surface area contributed by atoms with Gasteiger partial charge in [0.25, 0.3) is 0 Å². The molecule has 45 heavy (non-hydrogen) atoms. The zero-order valence-electron chi connectivity index (χ0n) is 24.6. The van der Waals surface area contributed by atoms with E-state index in [-0.39, 0.29) is 33.8 Å². The molecule has 2 aromatic carbocycles. The molecule has 1 aliphatic heterocycles. The highest BCUT2D eigenvalue weighted by atomic mass is 16.7. The van der Waals surface area contributed by atoms with Crippen LogP contribution in [0.1, 0.15) is 34.6 Å². The lowest BCUT2D eigenvalue weighted by atomic mass is 10.1. The van der Waals surface area contributed by atoms with Crippen LogP contribution < -0.4 is 19.6 Å². The number of ether oxygens (including phenoxy) is 7. The molecule has 15 nitrogen and oxygen atoms in total. The van der Waals surface area contributed by atoms with Crippen LogP contribution in [-0.2, 0) is 42.9 Å². The van der Waals surface area contributed by atoms with Crippen LogP contribution in [0.3, 0.4) is 0 Å². The van der Waals surface area contributed by atoms with Gasteiger partial charge in [-0.2, -0.15) is 0 Å². The second kappa shape index (κ2) is 13.5. The summed E-state index contributed by atoms with van der Waals surface area (Å²) >= 11 is 0. The molecule has 1 fully saturated rings. The fourth-order valence-electron chi connectivity index (χ4n) is 4.51. The molecule has 238 valence electrons. The van der Waals surface area contributed by atoms with E-state index in [4.69, 9.17) is 37.6 Å². The van der Waals surface area contributed by atoms with Gasteiger partial charge in [0, 0.05) is 52.3 Å². The molecule has 3 aromatic rings. The van der Waals surface area contributed by atoms with Gasteiger partial charge in [-0.1, -0.05) is 0 Å². The van der Waals surface area contributed by atoms with Crippen LogP contribution in [0.25, 0.3) is 22.3 Å². The van der Waals surface area contributed by atoms with Crippen LogP contribution in [-0.4, -0.2) is 66.2 Å². The maximum absolute atomic E-state index is 14.1. The number of fused-ring (bicyclic) bond motifs is 1. The largest absolute Gasteiger partial charge is 0.508 e. The van der Waals surface area contributed by atoms with Crippen LogP contribution in [0.5, 0.6) is 23.0 Å². The molecule has 0 amide bonds. The van der Waals surface area contributed by atoms with Gasteiger partial charge in [0.15, 0.2) is 11.9 Å². The molecule has 0 spiro atoms. The van der Waals surface area contributed by atoms with E-state index >= 15 is 0 Å². The summed E-state index contributed by atoms with van der Waals surface area (Å²) < 4.78 is 43.8. The number of hydrogen-bond donors (Lipinski definition) is 1. The smallest absolute Gasteiger partial charge is 0.308 e. The van der Waals surface area contributed by atoms with Gasteiger partial charge in [-0.3, -0.25) is 28.8 Å². The topological polar surface area (TPSA) is 200 Å². The first-order valence-electron chi connectivity index (χ1n) is 13.3. The Morgan fingerprint density at radius 3 is 2.00 bits per heavy atom. The standard InChI is InChI=1S/C30H28O15/c1-13(31)38-12-23-27(41-16(4)34)29(42-17(5)35)30(44-23)45-28-25(37)24-21(40-15(3)33)10-19(36)11-22(24)43-26(28)18-6-8-20(9-7-18)39-14(2)32/h6-11,23,27,29-30,36H,12H2,1-5H3/t23-,27-,29-,30+/m1/s1. The van der Waals surface area contributed by atoms with Crippen molar-refractivity contribution in [3.63, 3.8) is 0 Å². The zero-order valence-corrected chi connectivity index (χ0v) is 24.6. The minimum Gasteiger partial charge on any atom is -0.508 e. The second-order valence-corrected chi connectivity index (χ2v) is 9.73. The SMILES string of the molecule is CC(=O)OC[C@H]1O[C@@H](Oc2c(-c3ccc(OC(C)=O)cc3)oc3cc(O)cc(OC(C)=O)c3c2=O)[C@H](OC(C)=O)[C@@H]1OC(C)=O. The van der Waals surface area contributed by atoms with Gasteiger partial charge in [-0.25, -0.2) is 0 Å². The number of phenolic OH excluding ortho intramolecular Hbond substituents is 1. The molecular weight excluding hydrogens is 600 g/mol. The predicted octanol–water partition coefficient (Wildman–Crippen LogP) is 2.55. The molecule has 2 heterocycles. The quantitative estimate of drug-likeness (QED) is 0.206. The summed E-state index contributed by atoms with van der Waals surface area (Å²) in [6.45, 7) is 5.20. The van der Waals surface area contributed by atoms with Crippen molar-refractivity contribution in [2.45, 2.75) is 59.2 Å². The average Bonchev–Trinajstić information content (AvgIpc) is 3.22. The molecule has 1 aliphatic rings. The van der Waals surface area contributed by atoms with Crippen molar-refractivity contribution in [3.05, 3.63) is 46.6 Å². The lowest BCUT2D eigenvalue weighted by molar-refractivity contribution is -0.170. The summed E-state index contributed by atoms with van der Waals surface area (Å²) in [5.41, 5.74) is -0.881. The third-order valence-electron chi connectivity index (χ3n) is 6.09. The van der Waals surface area contributed by atoms with Gasteiger partial charge >= 0.3 is 29.8 Å². The third-order valence-corrected chi connectivity index (χ3v) is 6.09. The molecule has 15 heteroatoms. The molecule has 0 unspecified atom stereocenters. The van der Waals surface area contributed by atoms with E-state index in [1.54, 1.807) is 0 Å². The predicted molar refractivity (Wildman–Crippen MR) is 149 cm³/mol. The van der Waals surface area contributed by atoms with Gasteiger partial charge in [0.1, 0.15) is 40.9 Å². The minimum absolute atomic E-state index is 0.179. The molecule has 1 aromatic heterocycles. The van der Waals surface area contributed by atoms with Gasteiger partial charge in [0.2, 0.25) is 23.6 Å². The fourth-order valence-corrected chi connectivity index (χ4v) is 4.51. The summed E-state index contributed by atoms with van der Waals surface area (Å²) in [6.07, 6.45) is -5.62. The highest BCUT2D eigenvalue weighted by molar-refractivity contribution is 5.90. The van der Waals surface area contributed by atoms with E-state index in [9.17, 15) is 33.9 Å². The number of carbonyl (C=O) groups excluding carboxylic acids is 5. The van der Waals surface area contributed by atoms with Crippen LogP contribution in [0.15, 0.2) is 45.6 Å². The number of aromatic hydroxyl groups is 1. The van der Waals surface area contributed by atoms with Crippen LogP contribution in [0.2, 0.25) is 0 Å². The van der Waals surface area contributed by atoms with Crippen molar-refractivity contribution in [2.75, 3.05) is 6.61 Å². The van der Waals surface area contributed by atoms with Gasteiger partial charge in [-0.05, 0) is 24.3 Å². The Bertz CT molecular complexity index is 1700. The first-order valence-corrected chi connectivity index (χ1v) is 13.3.